The lowest BCUT2D eigenvalue weighted by Gasteiger charge is -2.27. The summed E-state index contributed by atoms with van der Waals surface area (Å²) in [5, 5.41) is 0. The number of hydrogen-bond donors (Lipinski definition) is 0. The smallest absolute Gasteiger partial charge is 0.158 e. The third-order valence-corrected chi connectivity index (χ3v) is 2.76. The van der Waals surface area contributed by atoms with Gasteiger partial charge in [-0.15, -0.1) is 0 Å². The molecule has 0 saturated heterocycles. The van der Waals surface area contributed by atoms with Gasteiger partial charge in [0, 0.05) is 31.3 Å². The maximum Gasteiger partial charge on any atom is 0.158 e. The molecule has 0 bridgehead atoms. The first-order valence-electron chi connectivity index (χ1n) is 5.21. The Balaban J connectivity index is 2.07. The molecule has 3 heteroatoms. The SMILES string of the molecule is COC1=CC=C(N2C=CC(=O)CC2)CC1. The van der Waals surface area contributed by atoms with E-state index in [2.05, 4.69) is 11.0 Å². The Kier molecular flexibility index (Phi) is 2.90. The Morgan fingerprint density at radius 2 is 2.13 bits per heavy atom. The Morgan fingerprint density at radius 1 is 1.27 bits per heavy atom. The number of nitrogens with zero attached hydrogens (tertiary/aromatic N) is 1. The minimum Gasteiger partial charge on any atom is -0.501 e. The number of carbonyl (C=O) groups is 1. The van der Waals surface area contributed by atoms with E-state index in [1.807, 2.05) is 12.3 Å². The van der Waals surface area contributed by atoms with Gasteiger partial charge in [0.25, 0.3) is 0 Å². The van der Waals surface area contributed by atoms with E-state index in [-0.39, 0.29) is 5.78 Å². The van der Waals surface area contributed by atoms with Gasteiger partial charge in [0.15, 0.2) is 5.78 Å². The highest BCUT2D eigenvalue weighted by molar-refractivity contribution is 5.90. The highest BCUT2D eigenvalue weighted by Gasteiger charge is 2.15. The molecule has 80 valence electrons. The fourth-order valence-corrected chi connectivity index (χ4v) is 1.82. The average Bonchev–Trinajstić information content (AvgIpc) is 2.30. The Labute approximate surface area is 89.7 Å². The molecule has 0 saturated carbocycles. The van der Waals surface area contributed by atoms with E-state index in [9.17, 15) is 4.79 Å². The zero-order valence-corrected chi connectivity index (χ0v) is 8.90. The molecular weight excluding hydrogens is 190 g/mol. The molecule has 3 nitrogen and oxygen atoms in total. The van der Waals surface area contributed by atoms with Crippen LogP contribution in [0, 0.1) is 0 Å². The van der Waals surface area contributed by atoms with Crippen molar-refractivity contribution in [1.29, 1.82) is 0 Å². The van der Waals surface area contributed by atoms with Crippen LogP contribution in [-0.2, 0) is 9.53 Å². The van der Waals surface area contributed by atoms with Crippen LogP contribution in [0.1, 0.15) is 19.3 Å². The predicted octanol–water partition coefficient (Wildman–Crippen LogP) is 1.98. The molecule has 15 heavy (non-hydrogen) atoms. The van der Waals surface area contributed by atoms with E-state index in [1.54, 1.807) is 13.2 Å². The highest BCUT2D eigenvalue weighted by Crippen LogP contribution is 2.23. The first-order chi connectivity index (χ1) is 7.29. The van der Waals surface area contributed by atoms with E-state index in [0.717, 1.165) is 25.1 Å². The van der Waals surface area contributed by atoms with Crippen LogP contribution in [0.25, 0.3) is 0 Å². The molecule has 0 aromatic carbocycles. The molecule has 1 heterocycles. The standard InChI is InChI=1S/C12H15NO2/c1-15-12-4-2-10(3-5-12)13-8-6-11(14)7-9-13/h2,4,6,8H,3,5,7,9H2,1H3. The van der Waals surface area contributed by atoms with Gasteiger partial charge >= 0.3 is 0 Å². The molecular formula is C12H15NO2. The van der Waals surface area contributed by atoms with Crippen LogP contribution in [-0.4, -0.2) is 24.3 Å². The van der Waals surface area contributed by atoms with Gasteiger partial charge in [-0.3, -0.25) is 4.79 Å². The van der Waals surface area contributed by atoms with E-state index in [1.165, 1.54) is 5.70 Å². The molecule has 1 aliphatic carbocycles. The summed E-state index contributed by atoms with van der Waals surface area (Å²) < 4.78 is 5.17. The number of ether oxygens (including phenoxy) is 1. The molecule has 1 aliphatic heterocycles. The summed E-state index contributed by atoms with van der Waals surface area (Å²) in [7, 11) is 1.70. The molecule has 0 fully saturated rings. The highest BCUT2D eigenvalue weighted by atomic mass is 16.5. The first kappa shape index (κ1) is 10.0. The summed E-state index contributed by atoms with van der Waals surface area (Å²) in [5.41, 5.74) is 1.26. The van der Waals surface area contributed by atoms with Gasteiger partial charge in [-0.2, -0.15) is 0 Å². The number of carbonyl (C=O) groups excluding carboxylic acids is 1. The molecule has 0 aromatic heterocycles. The number of hydrogen-bond acceptors (Lipinski definition) is 3. The van der Waals surface area contributed by atoms with Gasteiger partial charge in [0.2, 0.25) is 0 Å². The summed E-state index contributed by atoms with van der Waals surface area (Å²) in [4.78, 5) is 13.2. The maximum absolute atomic E-state index is 11.0. The van der Waals surface area contributed by atoms with Crippen LogP contribution in [0.3, 0.4) is 0 Å². The molecule has 0 N–H and O–H groups in total. The van der Waals surface area contributed by atoms with Crippen molar-refractivity contribution in [3.8, 4) is 0 Å². The van der Waals surface area contributed by atoms with Crippen LogP contribution in [0.15, 0.2) is 35.9 Å². The predicted molar refractivity (Wildman–Crippen MR) is 57.9 cm³/mol. The number of rotatable bonds is 2. The summed E-state index contributed by atoms with van der Waals surface area (Å²) in [6.45, 7) is 0.803. The van der Waals surface area contributed by atoms with Crippen molar-refractivity contribution in [2.75, 3.05) is 13.7 Å². The lowest BCUT2D eigenvalue weighted by atomic mass is 10.1. The van der Waals surface area contributed by atoms with Crippen LogP contribution in [0.4, 0.5) is 0 Å². The van der Waals surface area contributed by atoms with Crippen LogP contribution in [0.5, 0.6) is 0 Å². The molecule has 0 amide bonds. The van der Waals surface area contributed by atoms with Crippen molar-refractivity contribution in [2.24, 2.45) is 0 Å². The van der Waals surface area contributed by atoms with Crippen molar-refractivity contribution in [3.63, 3.8) is 0 Å². The molecule has 0 unspecified atom stereocenters. The molecule has 0 atom stereocenters. The Bertz CT molecular complexity index is 353. The fourth-order valence-electron chi connectivity index (χ4n) is 1.82. The largest absolute Gasteiger partial charge is 0.501 e. The molecule has 0 aromatic rings. The summed E-state index contributed by atoms with van der Waals surface area (Å²) in [5.74, 6) is 1.24. The van der Waals surface area contributed by atoms with Crippen LogP contribution < -0.4 is 0 Å². The lowest BCUT2D eigenvalue weighted by molar-refractivity contribution is -0.115. The monoisotopic (exact) mass is 205 g/mol. The van der Waals surface area contributed by atoms with Gasteiger partial charge in [-0.25, -0.2) is 0 Å². The summed E-state index contributed by atoms with van der Waals surface area (Å²) >= 11 is 0. The van der Waals surface area contributed by atoms with E-state index >= 15 is 0 Å². The second-order valence-electron chi connectivity index (χ2n) is 3.72. The minimum absolute atomic E-state index is 0.218. The van der Waals surface area contributed by atoms with Crippen molar-refractivity contribution in [2.45, 2.75) is 19.3 Å². The molecule has 0 radical (unpaired) electrons. The summed E-state index contributed by atoms with van der Waals surface area (Å²) in [6, 6.07) is 0. The molecule has 2 aliphatic rings. The van der Waals surface area contributed by atoms with Crippen molar-refractivity contribution in [1.82, 2.24) is 4.90 Å². The summed E-state index contributed by atoms with van der Waals surface area (Å²) in [6.07, 6.45) is 10.2. The number of allylic oxidation sites excluding steroid dienone is 5. The average molecular weight is 205 g/mol. The zero-order valence-electron chi connectivity index (χ0n) is 8.90. The first-order valence-corrected chi connectivity index (χ1v) is 5.21. The quantitative estimate of drug-likeness (QED) is 0.690. The Morgan fingerprint density at radius 3 is 2.67 bits per heavy atom. The minimum atomic E-state index is 0.218. The van der Waals surface area contributed by atoms with Crippen LogP contribution >= 0.6 is 0 Å². The van der Waals surface area contributed by atoms with Gasteiger partial charge in [-0.1, -0.05) is 0 Å². The zero-order chi connectivity index (χ0) is 10.7. The van der Waals surface area contributed by atoms with Crippen molar-refractivity contribution >= 4 is 5.78 Å². The van der Waals surface area contributed by atoms with E-state index < -0.39 is 0 Å². The third kappa shape index (κ3) is 2.29. The third-order valence-electron chi connectivity index (χ3n) is 2.76. The number of methoxy groups -OCH3 is 1. The fraction of sp³-hybridized carbons (Fsp3) is 0.417. The normalized spacial score (nSPS) is 21.1. The Hall–Kier alpha value is -1.51. The maximum atomic E-state index is 11.0. The van der Waals surface area contributed by atoms with Gasteiger partial charge in [0.1, 0.15) is 0 Å². The molecule has 2 rings (SSSR count). The lowest BCUT2D eigenvalue weighted by Crippen LogP contribution is -2.24. The van der Waals surface area contributed by atoms with E-state index in [0.29, 0.717) is 6.42 Å². The van der Waals surface area contributed by atoms with Gasteiger partial charge in [0.05, 0.1) is 12.9 Å². The topological polar surface area (TPSA) is 29.5 Å². The second kappa shape index (κ2) is 4.34. The van der Waals surface area contributed by atoms with Gasteiger partial charge in [-0.05, 0) is 24.6 Å². The van der Waals surface area contributed by atoms with Crippen molar-refractivity contribution < 1.29 is 9.53 Å². The second-order valence-corrected chi connectivity index (χ2v) is 3.72. The van der Waals surface area contributed by atoms with Crippen molar-refractivity contribution in [3.05, 3.63) is 35.9 Å². The molecule has 0 spiro atoms. The van der Waals surface area contributed by atoms with Crippen LogP contribution in [0.2, 0.25) is 0 Å². The van der Waals surface area contributed by atoms with Gasteiger partial charge < -0.3 is 9.64 Å². The number of ketones is 1. The van der Waals surface area contributed by atoms with E-state index in [4.69, 9.17) is 4.74 Å².